The third-order valence-corrected chi connectivity index (χ3v) is 4.51. The van der Waals surface area contributed by atoms with Crippen LogP contribution in [0.25, 0.3) is 0 Å². The van der Waals surface area contributed by atoms with E-state index in [1.54, 1.807) is 25.3 Å². The van der Waals surface area contributed by atoms with Crippen molar-refractivity contribution in [3.8, 4) is 5.75 Å². The lowest BCUT2D eigenvalue weighted by Gasteiger charge is -2.19. The molecule has 0 saturated carbocycles. The molecule has 0 radical (unpaired) electrons. The number of carbonyl (C=O) groups excluding carboxylic acids is 1. The van der Waals surface area contributed by atoms with Gasteiger partial charge in [-0.2, -0.15) is 0 Å². The van der Waals surface area contributed by atoms with Crippen molar-refractivity contribution in [2.24, 2.45) is 5.92 Å². The van der Waals surface area contributed by atoms with Crippen molar-refractivity contribution in [3.63, 3.8) is 0 Å². The first-order chi connectivity index (χ1) is 8.49. The minimum absolute atomic E-state index is 0.0707. The topological polar surface area (TPSA) is 38.3 Å². The first kappa shape index (κ1) is 15.5. The van der Waals surface area contributed by atoms with Crippen LogP contribution in [-0.4, -0.2) is 24.4 Å². The summed E-state index contributed by atoms with van der Waals surface area (Å²) in [6.45, 7) is 4.09. The predicted molar refractivity (Wildman–Crippen MR) is 80.6 cm³/mol. The van der Waals surface area contributed by atoms with Crippen LogP contribution in [0.2, 0.25) is 0 Å². The molecule has 18 heavy (non-hydrogen) atoms. The van der Waals surface area contributed by atoms with E-state index in [1.165, 1.54) is 0 Å². The summed E-state index contributed by atoms with van der Waals surface area (Å²) in [6.07, 6.45) is 0. The molecule has 1 amide bonds. The zero-order valence-corrected chi connectivity index (χ0v) is 13.8. The van der Waals surface area contributed by atoms with Crippen LogP contribution in [-0.2, 0) is 0 Å². The zero-order valence-electron chi connectivity index (χ0n) is 10.7. The van der Waals surface area contributed by atoms with Crippen molar-refractivity contribution in [2.45, 2.75) is 19.9 Å². The Morgan fingerprint density at radius 3 is 2.61 bits per heavy atom. The number of halogens is 2. The normalized spacial score (nSPS) is 13.8. The quantitative estimate of drug-likeness (QED) is 0.795. The van der Waals surface area contributed by atoms with Gasteiger partial charge in [-0.3, -0.25) is 4.79 Å². The summed E-state index contributed by atoms with van der Waals surface area (Å²) >= 11 is 6.79. The maximum Gasteiger partial charge on any atom is 0.251 e. The van der Waals surface area contributed by atoms with E-state index in [2.05, 4.69) is 44.1 Å². The SMILES string of the molecule is COc1ccc(C(=O)NC(C)C(C)CBr)cc1Br. The van der Waals surface area contributed by atoms with Gasteiger partial charge in [0.2, 0.25) is 0 Å². The van der Waals surface area contributed by atoms with Gasteiger partial charge in [0.25, 0.3) is 5.91 Å². The van der Waals surface area contributed by atoms with E-state index in [0.717, 1.165) is 9.80 Å². The summed E-state index contributed by atoms with van der Waals surface area (Å²) in [5.41, 5.74) is 0.622. The van der Waals surface area contributed by atoms with E-state index in [-0.39, 0.29) is 11.9 Å². The van der Waals surface area contributed by atoms with Crippen LogP contribution < -0.4 is 10.1 Å². The number of benzene rings is 1. The molecule has 2 atom stereocenters. The number of ether oxygens (including phenoxy) is 1. The fourth-order valence-electron chi connectivity index (χ4n) is 1.37. The Hall–Kier alpha value is -0.550. The van der Waals surface area contributed by atoms with Gasteiger partial charge < -0.3 is 10.1 Å². The van der Waals surface area contributed by atoms with Crippen molar-refractivity contribution in [2.75, 3.05) is 12.4 Å². The summed E-state index contributed by atoms with van der Waals surface area (Å²) in [7, 11) is 1.60. The van der Waals surface area contributed by atoms with Crippen LogP contribution in [0.1, 0.15) is 24.2 Å². The van der Waals surface area contributed by atoms with Gasteiger partial charge in [-0.1, -0.05) is 22.9 Å². The molecule has 0 bridgehead atoms. The van der Waals surface area contributed by atoms with Crippen LogP contribution in [0, 0.1) is 5.92 Å². The second-order valence-electron chi connectivity index (χ2n) is 4.24. The van der Waals surface area contributed by atoms with Crippen LogP contribution in [0.5, 0.6) is 5.75 Å². The molecule has 100 valence electrons. The zero-order chi connectivity index (χ0) is 13.7. The van der Waals surface area contributed by atoms with Crippen molar-refractivity contribution >= 4 is 37.8 Å². The van der Waals surface area contributed by atoms with Crippen molar-refractivity contribution in [1.82, 2.24) is 5.32 Å². The highest BCUT2D eigenvalue weighted by Gasteiger charge is 2.15. The summed E-state index contributed by atoms with van der Waals surface area (Å²) in [5.74, 6) is 1.03. The lowest BCUT2D eigenvalue weighted by molar-refractivity contribution is 0.0931. The smallest absolute Gasteiger partial charge is 0.251 e. The third kappa shape index (κ3) is 3.99. The maximum atomic E-state index is 12.0. The first-order valence-electron chi connectivity index (χ1n) is 5.70. The van der Waals surface area contributed by atoms with Gasteiger partial charge in [0.1, 0.15) is 5.75 Å². The molecule has 0 saturated heterocycles. The third-order valence-electron chi connectivity index (χ3n) is 2.87. The predicted octanol–water partition coefficient (Wildman–Crippen LogP) is 3.61. The number of rotatable bonds is 5. The molecular formula is C13H17Br2NO2. The molecular weight excluding hydrogens is 362 g/mol. The number of alkyl halides is 1. The maximum absolute atomic E-state index is 12.0. The molecule has 1 aromatic carbocycles. The van der Waals surface area contributed by atoms with Crippen LogP contribution in [0.4, 0.5) is 0 Å². The number of hydrogen-bond donors (Lipinski definition) is 1. The number of methoxy groups -OCH3 is 1. The standard InChI is InChI=1S/C13H17Br2NO2/c1-8(7-14)9(2)16-13(17)10-4-5-12(18-3)11(15)6-10/h4-6,8-9H,7H2,1-3H3,(H,16,17). The highest BCUT2D eigenvalue weighted by Crippen LogP contribution is 2.25. The molecule has 5 heteroatoms. The van der Waals surface area contributed by atoms with Gasteiger partial charge in [0, 0.05) is 16.9 Å². The monoisotopic (exact) mass is 377 g/mol. The summed E-state index contributed by atoms with van der Waals surface area (Å²) in [6, 6.07) is 5.42. The lowest BCUT2D eigenvalue weighted by atomic mass is 10.1. The Morgan fingerprint density at radius 2 is 2.11 bits per heavy atom. The molecule has 1 rings (SSSR count). The highest BCUT2D eigenvalue weighted by atomic mass is 79.9. The molecule has 0 aliphatic rings. The molecule has 1 aromatic rings. The van der Waals surface area contributed by atoms with E-state index in [9.17, 15) is 4.79 Å². The minimum Gasteiger partial charge on any atom is -0.496 e. The van der Waals surface area contributed by atoms with Gasteiger partial charge >= 0.3 is 0 Å². The lowest BCUT2D eigenvalue weighted by Crippen LogP contribution is -2.37. The Labute approximate surface area is 125 Å². The molecule has 0 aromatic heterocycles. The summed E-state index contributed by atoms with van der Waals surface area (Å²) in [4.78, 5) is 12.0. The average molecular weight is 379 g/mol. The second-order valence-corrected chi connectivity index (χ2v) is 5.74. The first-order valence-corrected chi connectivity index (χ1v) is 7.61. The Bertz CT molecular complexity index is 423. The second kappa shape index (κ2) is 7.14. The number of carbonyl (C=O) groups is 1. The van der Waals surface area contributed by atoms with Crippen LogP contribution in [0.3, 0.4) is 0 Å². The Balaban J connectivity index is 2.76. The number of amides is 1. The Kier molecular flexibility index (Phi) is 6.15. The van der Waals surface area contributed by atoms with E-state index in [1.807, 2.05) is 6.92 Å². The number of nitrogens with one attached hydrogen (secondary N) is 1. The average Bonchev–Trinajstić information content (AvgIpc) is 2.37. The molecule has 0 heterocycles. The van der Waals surface area contributed by atoms with Crippen molar-refractivity contribution in [3.05, 3.63) is 28.2 Å². The van der Waals surface area contributed by atoms with Gasteiger partial charge in [0.05, 0.1) is 11.6 Å². The van der Waals surface area contributed by atoms with Gasteiger partial charge in [-0.15, -0.1) is 0 Å². The molecule has 3 nitrogen and oxygen atoms in total. The Morgan fingerprint density at radius 1 is 1.44 bits per heavy atom. The minimum atomic E-state index is -0.0707. The van der Waals surface area contributed by atoms with Crippen LogP contribution >= 0.6 is 31.9 Å². The summed E-state index contributed by atoms with van der Waals surface area (Å²) in [5, 5.41) is 3.84. The molecule has 1 N–H and O–H groups in total. The molecule has 0 spiro atoms. The van der Waals surface area contributed by atoms with Gasteiger partial charge in [-0.05, 0) is 47.0 Å². The van der Waals surface area contributed by atoms with Crippen molar-refractivity contribution in [1.29, 1.82) is 0 Å². The van der Waals surface area contributed by atoms with Crippen LogP contribution in [0.15, 0.2) is 22.7 Å². The molecule has 2 unspecified atom stereocenters. The van der Waals surface area contributed by atoms with E-state index in [0.29, 0.717) is 17.2 Å². The summed E-state index contributed by atoms with van der Waals surface area (Å²) < 4.78 is 5.91. The molecule has 0 fully saturated rings. The van der Waals surface area contributed by atoms with E-state index >= 15 is 0 Å². The largest absolute Gasteiger partial charge is 0.496 e. The molecule has 0 aliphatic carbocycles. The fraction of sp³-hybridized carbons (Fsp3) is 0.462. The highest BCUT2D eigenvalue weighted by molar-refractivity contribution is 9.10. The fourth-order valence-corrected chi connectivity index (χ4v) is 2.48. The van der Waals surface area contributed by atoms with E-state index in [4.69, 9.17) is 4.74 Å². The van der Waals surface area contributed by atoms with Crippen molar-refractivity contribution < 1.29 is 9.53 Å². The number of hydrogen-bond acceptors (Lipinski definition) is 2. The molecule has 0 aliphatic heterocycles. The van der Waals surface area contributed by atoms with Gasteiger partial charge in [0.15, 0.2) is 0 Å². The van der Waals surface area contributed by atoms with Gasteiger partial charge in [-0.25, -0.2) is 0 Å². The van der Waals surface area contributed by atoms with E-state index < -0.39 is 0 Å².